The van der Waals surface area contributed by atoms with Gasteiger partial charge in [-0.25, -0.2) is 14.0 Å². The number of carboxylic acid groups (broad SMARTS) is 2. The molecule has 41 heavy (non-hydrogen) atoms. The molecule has 5 N–H and O–H groups in total. The maximum absolute atomic E-state index is 13.6. The zero-order valence-electron chi connectivity index (χ0n) is 21.2. The lowest BCUT2D eigenvalue weighted by Crippen LogP contribution is -2.36. The first kappa shape index (κ1) is 33.1. The molecule has 0 radical (unpaired) electrons. The molecule has 0 saturated carbocycles. The number of benzene rings is 1. The molecule has 2 aromatic heterocycles. The number of hydrogen-bond acceptors (Lipinski definition) is 7. The van der Waals surface area contributed by atoms with Gasteiger partial charge in [0.05, 0.1) is 17.6 Å². The van der Waals surface area contributed by atoms with Gasteiger partial charge in [0.25, 0.3) is 0 Å². The molecule has 0 amide bonds. The molecule has 1 aliphatic rings. The van der Waals surface area contributed by atoms with Crippen LogP contribution < -0.4 is 5.73 Å². The van der Waals surface area contributed by atoms with Crippen LogP contribution in [0.1, 0.15) is 24.1 Å². The molecule has 1 atom stereocenters. The second-order valence-corrected chi connectivity index (χ2v) is 8.77. The van der Waals surface area contributed by atoms with Crippen LogP contribution in [0.4, 0.5) is 30.7 Å². The molecule has 1 aromatic carbocycles. The SMILES string of the molecule is NCc1cn(CC2CCCN(Cc3cn[nH]c3-c3cccc(F)c3)C2)nn1.O=C(O)C(F)(F)F.O=C(O)C(F)(F)F. The minimum Gasteiger partial charge on any atom is -0.475 e. The highest BCUT2D eigenvalue weighted by molar-refractivity contribution is 5.73. The summed E-state index contributed by atoms with van der Waals surface area (Å²) in [6.07, 6.45) is -4.07. The molecule has 1 aliphatic heterocycles. The third kappa shape index (κ3) is 11.1. The van der Waals surface area contributed by atoms with E-state index in [1.54, 1.807) is 6.07 Å². The van der Waals surface area contributed by atoms with Gasteiger partial charge in [-0.05, 0) is 37.4 Å². The summed E-state index contributed by atoms with van der Waals surface area (Å²) in [7, 11) is 0. The first-order chi connectivity index (χ1) is 19.1. The highest BCUT2D eigenvalue weighted by atomic mass is 19.4. The number of aromatic nitrogens is 5. The number of nitrogens with one attached hydrogen (secondary N) is 1. The summed E-state index contributed by atoms with van der Waals surface area (Å²) in [6.45, 7) is 4.11. The predicted molar refractivity (Wildman–Crippen MR) is 127 cm³/mol. The van der Waals surface area contributed by atoms with Gasteiger partial charge in [0, 0.05) is 43.5 Å². The van der Waals surface area contributed by atoms with E-state index in [1.165, 1.54) is 18.6 Å². The molecule has 1 saturated heterocycles. The van der Waals surface area contributed by atoms with Gasteiger partial charge in [-0.2, -0.15) is 31.4 Å². The number of aromatic amines is 1. The molecule has 3 aromatic rings. The van der Waals surface area contributed by atoms with E-state index < -0.39 is 24.3 Å². The molecule has 0 aliphatic carbocycles. The second kappa shape index (κ2) is 14.5. The summed E-state index contributed by atoms with van der Waals surface area (Å²) >= 11 is 0. The third-order valence-electron chi connectivity index (χ3n) is 5.55. The first-order valence-corrected chi connectivity index (χ1v) is 11.8. The standard InChI is InChI=1S/C19H24FN7.2C2HF3O2/c20-17-5-1-4-15(7-17)19-16(9-22-24-19)12-26-6-2-3-14(10-26)11-27-13-18(8-21)23-25-27;2*3-2(4,5)1(6)7/h1,4-5,7,9,13-14H,2-3,6,8,10-12,21H2,(H,22,24);2*(H,6,7). The molecule has 4 rings (SSSR count). The Balaban J connectivity index is 0.000000349. The minimum absolute atomic E-state index is 0.240. The van der Waals surface area contributed by atoms with Crippen molar-refractivity contribution in [3.63, 3.8) is 0 Å². The van der Waals surface area contributed by atoms with Gasteiger partial charge in [-0.15, -0.1) is 5.10 Å². The Morgan fingerprint density at radius 3 is 2.27 bits per heavy atom. The topological polar surface area (TPSA) is 163 Å². The van der Waals surface area contributed by atoms with Crippen LogP contribution in [-0.4, -0.2) is 77.7 Å². The van der Waals surface area contributed by atoms with Gasteiger partial charge < -0.3 is 15.9 Å². The maximum Gasteiger partial charge on any atom is 0.490 e. The van der Waals surface area contributed by atoms with E-state index in [0.717, 1.165) is 55.1 Å². The summed E-state index contributed by atoms with van der Waals surface area (Å²) in [5.74, 6) is -5.23. The molecule has 1 unspecified atom stereocenters. The largest absolute Gasteiger partial charge is 0.490 e. The van der Waals surface area contributed by atoms with Crippen LogP contribution in [0.5, 0.6) is 0 Å². The Kier molecular flexibility index (Phi) is 11.8. The van der Waals surface area contributed by atoms with E-state index in [2.05, 4.69) is 25.4 Å². The smallest absolute Gasteiger partial charge is 0.475 e. The lowest BCUT2D eigenvalue weighted by atomic mass is 9.97. The highest BCUT2D eigenvalue weighted by Crippen LogP contribution is 2.25. The molecule has 1 fully saturated rings. The van der Waals surface area contributed by atoms with E-state index in [9.17, 15) is 30.7 Å². The fourth-order valence-electron chi connectivity index (χ4n) is 3.80. The van der Waals surface area contributed by atoms with Crippen LogP contribution in [0.3, 0.4) is 0 Å². The molecule has 0 bridgehead atoms. The summed E-state index contributed by atoms with van der Waals surface area (Å²) in [6, 6.07) is 6.61. The van der Waals surface area contributed by atoms with E-state index in [-0.39, 0.29) is 5.82 Å². The summed E-state index contributed by atoms with van der Waals surface area (Å²) in [4.78, 5) is 20.2. The molecule has 18 heteroatoms. The fourth-order valence-corrected chi connectivity index (χ4v) is 3.80. The van der Waals surface area contributed by atoms with Crippen molar-refractivity contribution in [1.29, 1.82) is 0 Å². The first-order valence-electron chi connectivity index (χ1n) is 11.8. The van der Waals surface area contributed by atoms with Crippen LogP contribution in [0.15, 0.2) is 36.7 Å². The van der Waals surface area contributed by atoms with Crippen LogP contribution in [-0.2, 0) is 29.2 Å². The normalized spacial score (nSPS) is 15.8. The Bertz CT molecular complexity index is 1250. The van der Waals surface area contributed by atoms with Crippen molar-refractivity contribution in [1.82, 2.24) is 30.1 Å². The van der Waals surface area contributed by atoms with Crippen molar-refractivity contribution in [2.24, 2.45) is 11.7 Å². The number of piperidine rings is 1. The fraction of sp³-hybridized carbons (Fsp3) is 0.435. The Morgan fingerprint density at radius 1 is 1.10 bits per heavy atom. The van der Waals surface area contributed by atoms with E-state index in [4.69, 9.17) is 25.5 Å². The van der Waals surface area contributed by atoms with E-state index in [1.807, 2.05) is 23.1 Å². The number of halogens is 7. The molecule has 11 nitrogen and oxygen atoms in total. The van der Waals surface area contributed by atoms with Gasteiger partial charge in [0.15, 0.2) is 0 Å². The van der Waals surface area contributed by atoms with Crippen molar-refractivity contribution in [3.05, 3.63) is 53.7 Å². The number of H-pyrrole nitrogens is 1. The van der Waals surface area contributed by atoms with Gasteiger partial charge >= 0.3 is 24.3 Å². The molecule has 226 valence electrons. The van der Waals surface area contributed by atoms with E-state index in [0.29, 0.717) is 12.5 Å². The molecule has 0 spiro atoms. The number of carboxylic acids is 2. The number of aliphatic carboxylic acids is 2. The number of nitrogens with zero attached hydrogens (tertiary/aromatic N) is 5. The zero-order valence-corrected chi connectivity index (χ0v) is 21.2. The number of rotatable bonds is 6. The average molecular weight is 597 g/mol. The van der Waals surface area contributed by atoms with Crippen molar-refractivity contribution in [2.45, 2.75) is 44.8 Å². The number of carbonyl (C=O) groups is 2. The Labute approximate surface area is 227 Å². The molecular formula is C23H26F7N7O4. The second-order valence-electron chi connectivity index (χ2n) is 8.77. The minimum atomic E-state index is -5.08. The molecular weight excluding hydrogens is 571 g/mol. The maximum atomic E-state index is 13.6. The van der Waals surface area contributed by atoms with Crippen LogP contribution in [0, 0.1) is 11.7 Å². The highest BCUT2D eigenvalue weighted by Gasteiger charge is 2.38. The van der Waals surface area contributed by atoms with Gasteiger partial charge in [0.1, 0.15) is 5.82 Å². The number of likely N-dealkylation sites (tertiary alicyclic amines) is 1. The Morgan fingerprint density at radius 2 is 1.73 bits per heavy atom. The Hall–Kier alpha value is -4.06. The lowest BCUT2D eigenvalue weighted by Gasteiger charge is -2.32. The summed E-state index contributed by atoms with van der Waals surface area (Å²) in [5, 5.41) is 29.7. The van der Waals surface area contributed by atoms with Crippen molar-refractivity contribution in [3.8, 4) is 11.3 Å². The van der Waals surface area contributed by atoms with Gasteiger partial charge in [-0.3, -0.25) is 14.7 Å². The van der Waals surface area contributed by atoms with Crippen LogP contribution in [0.2, 0.25) is 0 Å². The number of nitrogens with two attached hydrogens (primary N) is 1. The van der Waals surface area contributed by atoms with E-state index >= 15 is 0 Å². The third-order valence-corrected chi connectivity index (χ3v) is 5.55. The van der Waals surface area contributed by atoms with Crippen molar-refractivity contribution >= 4 is 11.9 Å². The predicted octanol–water partition coefficient (Wildman–Crippen LogP) is 3.44. The average Bonchev–Trinajstić information content (AvgIpc) is 3.53. The van der Waals surface area contributed by atoms with Gasteiger partial charge in [0.2, 0.25) is 0 Å². The van der Waals surface area contributed by atoms with Crippen LogP contribution >= 0.6 is 0 Å². The van der Waals surface area contributed by atoms with Gasteiger partial charge in [-0.1, -0.05) is 17.3 Å². The zero-order chi connectivity index (χ0) is 30.8. The number of alkyl halides is 6. The van der Waals surface area contributed by atoms with Crippen molar-refractivity contribution < 1.29 is 50.5 Å². The lowest BCUT2D eigenvalue weighted by molar-refractivity contribution is -0.193. The summed E-state index contributed by atoms with van der Waals surface area (Å²) in [5.41, 5.74) is 9.24. The molecule has 3 heterocycles. The summed E-state index contributed by atoms with van der Waals surface area (Å²) < 4.78 is 78.9. The number of hydrogen-bond donors (Lipinski definition) is 4. The monoisotopic (exact) mass is 597 g/mol. The van der Waals surface area contributed by atoms with Crippen molar-refractivity contribution in [2.75, 3.05) is 13.1 Å². The van der Waals surface area contributed by atoms with Crippen LogP contribution in [0.25, 0.3) is 11.3 Å². The quantitative estimate of drug-likeness (QED) is 0.312.